The van der Waals surface area contributed by atoms with Gasteiger partial charge in [-0.05, 0) is 26.0 Å². The van der Waals surface area contributed by atoms with E-state index in [0.29, 0.717) is 36.1 Å². The molecule has 6 nitrogen and oxygen atoms in total. The highest BCUT2D eigenvalue weighted by Crippen LogP contribution is 2.09. The number of rotatable bonds is 4. The predicted molar refractivity (Wildman–Crippen MR) is 64.9 cm³/mol. The van der Waals surface area contributed by atoms with Crippen molar-refractivity contribution in [2.75, 3.05) is 11.9 Å². The molecule has 0 saturated carbocycles. The van der Waals surface area contributed by atoms with Gasteiger partial charge >= 0.3 is 0 Å². The van der Waals surface area contributed by atoms with E-state index < -0.39 is 0 Å². The quantitative estimate of drug-likeness (QED) is 0.877. The lowest BCUT2D eigenvalue weighted by Gasteiger charge is -2.05. The Bertz CT molecular complexity index is 584. The second-order valence-corrected chi connectivity index (χ2v) is 3.91. The molecule has 2 rings (SSSR count). The fraction of sp³-hybridized carbons (Fsp3) is 0.333. The van der Waals surface area contributed by atoms with Gasteiger partial charge in [-0.1, -0.05) is 5.16 Å². The fourth-order valence-corrected chi connectivity index (χ4v) is 1.56. The van der Waals surface area contributed by atoms with E-state index in [-0.39, 0.29) is 0 Å². The van der Waals surface area contributed by atoms with Gasteiger partial charge in [-0.3, -0.25) is 0 Å². The van der Waals surface area contributed by atoms with Crippen molar-refractivity contribution in [1.82, 2.24) is 15.1 Å². The second-order valence-electron chi connectivity index (χ2n) is 3.91. The molecule has 0 bridgehead atoms. The number of nitrogens with zero attached hydrogens (tertiary/aromatic N) is 4. The van der Waals surface area contributed by atoms with Crippen molar-refractivity contribution in [1.29, 1.82) is 5.26 Å². The van der Waals surface area contributed by atoms with E-state index in [1.54, 1.807) is 19.1 Å². The molecule has 0 spiro atoms. The fourth-order valence-electron chi connectivity index (χ4n) is 1.56. The van der Waals surface area contributed by atoms with E-state index in [0.717, 1.165) is 5.69 Å². The van der Waals surface area contributed by atoms with Crippen molar-refractivity contribution >= 4 is 5.82 Å². The molecular weight excluding hydrogens is 230 g/mol. The maximum Gasteiger partial charge on any atom is 0.228 e. The van der Waals surface area contributed by atoms with Gasteiger partial charge in [0.15, 0.2) is 5.82 Å². The molecule has 0 radical (unpaired) electrons. The molecule has 18 heavy (non-hydrogen) atoms. The molecule has 0 unspecified atom stereocenters. The lowest BCUT2D eigenvalue weighted by Crippen LogP contribution is -2.07. The topological polar surface area (TPSA) is 87.6 Å². The van der Waals surface area contributed by atoms with E-state index >= 15 is 0 Å². The highest BCUT2D eigenvalue weighted by molar-refractivity contribution is 5.44. The number of hydrogen-bond donors (Lipinski definition) is 1. The van der Waals surface area contributed by atoms with Crippen LogP contribution >= 0.6 is 0 Å². The Morgan fingerprint density at radius 1 is 1.33 bits per heavy atom. The third-order valence-electron chi connectivity index (χ3n) is 2.30. The first kappa shape index (κ1) is 12.0. The molecule has 0 aliphatic rings. The van der Waals surface area contributed by atoms with Crippen LogP contribution in [0, 0.1) is 25.2 Å². The second kappa shape index (κ2) is 5.27. The van der Waals surface area contributed by atoms with Crippen molar-refractivity contribution in [2.45, 2.75) is 20.3 Å². The third kappa shape index (κ3) is 3.04. The van der Waals surface area contributed by atoms with Crippen LogP contribution < -0.4 is 5.32 Å². The standard InChI is InChI=1S/C12H13N5O/c1-8-5-10(7-13)6-11(15-8)14-4-3-12-16-9(2)17-18-12/h5-6H,3-4H2,1-2H3,(H,14,15). The molecule has 0 saturated heterocycles. The lowest BCUT2D eigenvalue weighted by molar-refractivity contribution is 0.377. The minimum atomic E-state index is 0.591. The van der Waals surface area contributed by atoms with E-state index in [4.69, 9.17) is 9.78 Å². The van der Waals surface area contributed by atoms with Gasteiger partial charge < -0.3 is 9.84 Å². The van der Waals surface area contributed by atoms with Crippen molar-refractivity contribution in [2.24, 2.45) is 0 Å². The van der Waals surface area contributed by atoms with Gasteiger partial charge in [-0.2, -0.15) is 10.2 Å². The van der Waals surface area contributed by atoms with Crippen molar-refractivity contribution in [3.63, 3.8) is 0 Å². The number of pyridine rings is 1. The molecule has 0 amide bonds. The number of aromatic nitrogens is 3. The zero-order valence-corrected chi connectivity index (χ0v) is 10.3. The van der Waals surface area contributed by atoms with Crippen LogP contribution in [-0.2, 0) is 6.42 Å². The van der Waals surface area contributed by atoms with E-state index in [2.05, 4.69) is 26.5 Å². The first-order chi connectivity index (χ1) is 8.67. The third-order valence-corrected chi connectivity index (χ3v) is 2.30. The van der Waals surface area contributed by atoms with Crippen LogP contribution in [0.4, 0.5) is 5.82 Å². The van der Waals surface area contributed by atoms with Crippen LogP contribution in [0.15, 0.2) is 16.7 Å². The maximum absolute atomic E-state index is 8.85. The first-order valence-electron chi connectivity index (χ1n) is 5.59. The summed E-state index contributed by atoms with van der Waals surface area (Å²) in [7, 11) is 0. The number of hydrogen-bond acceptors (Lipinski definition) is 6. The monoisotopic (exact) mass is 243 g/mol. The van der Waals surface area contributed by atoms with Crippen LogP contribution in [-0.4, -0.2) is 21.7 Å². The normalized spacial score (nSPS) is 10.1. The zero-order valence-electron chi connectivity index (χ0n) is 10.3. The summed E-state index contributed by atoms with van der Waals surface area (Å²) >= 11 is 0. The van der Waals surface area contributed by atoms with Crippen LogP contribution in [0.1, 0.15) is 23.0 Å². The maximum atomic E-state index is 8.85. The van der Waals surface area contributed by atoms with Crippen molar-refractivity contribution in [3.05, 3.63) is 35.1 Å². The summed E-state index contributed by atoms with van der Waals surface area (Å²) in [6, 6.07) is 5.56. The largest absolute Gasteiger partial charge is 0.370 e. The molecule has 6 heteroatoms. The molecule has 0 aliphatic carbocycles. The number of anilines is 1. The smallest absolute Gasteiger partial charge is 0.228 e. The minimum Gasteiger partial charge on any atom is -0.370 e. The van der Waals surface area contributed by atoms with Gasteiger partial charge in [-0.15, -0.1) is 0 Å². The average molecular weight is 243 g/mol. The van der Waals surface area contributed by atoms with E-state index in [9.17, 15) is 0 Å². The minimum absolute atomic E-state index is 0.591. The summed E-state index contributed by atoms with van der Waals surface area (Å²) in [5, 5.41) is 15.7. The van der Waals surface area contributed by atoms with Crippen molar-refractivity contribution in [3.8, 4) is 6.07 Å². The zero-order chi connectivity index (χ0) is 13.0. The van der Waals surface area contributed by atoms with Gasteiger partial charge in [0.1, 0.15) is 5.82 Å². The Morgan fingerprint density at radius 2 is 2.17 bits per heavy atom. The molecule has 0 fully saturated rings. The number of nitriles is 1. The van der Waals surface area contributed by atoms with Crippen LogP contribution in [0.25, 0.3) is 0 Å². The molecule has 2 aromatic heterocycles. The Balaban J connectivity index is 1.94. The Kier molecular flexibility index (Phi) is 3.53. The Hall–Kier alpha value is -2.42. The van der Waals surface area contributed by atoms with Crippen LogP contribution in [0.2, 0.25) is 0 Å². The summed E-state index contributed by atoms with van der Waals surface area (Å²) in [5.74, 6) is 1.90. The summed E-state index contributed by atoms with van der Waals surface area (Å²) in [4.78, 5) is 8.39. The first-order valence-corrected chi connectivity index (χ1v) is 5.59. The van der Waals surface area contributed by atoms with Gasteiger partial charge in [-0.25, -0.2) is 4.98 Å². The highest BCUT2D eigenvalue weighted by atomic mass is 16.5. The van der Waals surface area contributed by atoms with E-state index in [1.165, 1.54) is 0 Å². The molecular formula is C12H13N5O. The molecule has 0 atom stereocenters. The lowest BCUT2D eigenvalue weighted by atomic mass is 10.2. The van der Waals surface area contributed by atoms with Gasteiger partial charge in [0, 0.05) is 18.7 Å². The molecule has 92 valence electrons. The molecule has 2 aromatic rings. The number of nitrogens with one attached hydrogen (secondary N) is 1. The van der Waals surface area contributed by atoms with Crippen LogP contribution in [0.5, 0.6) is 0 Å². The Morgan fingerprint density at radius 3 is 2.83 bits per heavy atom. The van der Waals surface area contributed by atoms with Gasteiger partial charge in [0.25, 0.3) is 0 Å². The summed E-state index contributed by atoms with van der Waals surface area (Å²) in [6.45, 7) is 4.26. The highest BCUT2D eigenvalue weighted by Gasteiger charge is 2.03. The molecule has 0 aromatic carbocycles. The van der Waals surface area contributed by atoms with Crippen molar-refractivity contribution < 1.29 is 4.52 Å². The number of aryl methyl sites for hydroxylation is 2. The Labute approximate surface area is 105 Å². The van der Waals surface area contributed by atoms with E-state index in [1.807, 2.05) is 6.92 Å². The SMILES string of the molecule is Cc1cc(C#N)cc(NCCc2nc(C)no2)n1. The average Bonchev–Trinajstić information content (AvgIpc) is 2.74. The molecule has 2 heterocycles. The van der Waals surface area contributed by atoms with Gasteiger partial charge in [0.05, 0.1) is 11.6 Å². The molecule has 1 N–H and O–H groups in total. The predicted octanol–water partition coefficient (Wildman–Crippen LogP) is 1.61. The summed E-state index contributed by atoms with van der Waals surface area (Å²) in [6.07, 6.45) is 0.623. The summed E-state index contributed by atoms with van der Waals surface area (Å²) in [5.41, 5.74) is 1.41. The van der Waals surface area contributed by atoms with Gasteiger partial charge in [0.2, 0.25) is 5.89 Å². The molecule has 0 aliphatic heterocycles. The van der Waals surface area contributed by atoms with Crippen LogP contribution in [0.3, 0.4) is 0 Å². The summed E-state index contributed by atoms with van der Waals surface area (Å²) < 4.78 is 5.00.